The van der Waals surface area contributed by atoms with E-state index < -0.39 is 30.1 Å². The van der Waals surface area contributed by atoms with Crippen molar-refractivity contribution in [3.8, 4) is 11.1 Å². The number of hydrogen-bond donors (Lipinski definition) is 2. The number of halogens is 2. The lowest BCUT2D eigenvalue weighted by Gasteiger charge is -2.21. The minimum atomic E-state index is -1.13. The van der Waals surface area contributed by atoms with Crippen molar-refractivity contribution in [3.05, 3.63) is 58.2 Å². The minimum Gasteiger partial charge on any atom is -0.481 e. The molecule has 5 heteroatoms. The van der Waals surface area contributed by atoms with Crippen molar-refractivity contribution in [1.82, 2.24) is 0 Å². The SMILES string of the molecule is Cc1ccccc1-c1c(C)c(C(N)CC(=O)O)c(F)c(C)c1F. The molecule has 23 heavy (non-hydrogen) atoms. The molecule has 2 aromatic rings. The molecular formula is C18H19F2NO2. The second kappa shape index (κ2) is 6.46. The monoisotopic (exact) mass is 319 g/mol. The lowest BCUT2D eigenvalue weighted by Crippen LogP contribution is -2.19. The molecule has 2 aromatic carbocycles. The molecule has 0 heterocycles. The van der Waals surface area contributed by atoms with Crippen LogP contribution in [-0.4, -0.2) is 11.1 Å². The quantitative estimate of drug-likeness (QED) is 0.894. The molecular weight excluding hydrogens is 300 g/mol. The van der Waals surface area contributed by atoms with Crippen LogP contribution in [0.2, 0.25) is 0 Å². The summed E-state index contributed by atoms with van der Waals surface area (Å²) in [5.74, 6) is -2.54. The van der Waals surface area contributed by atoms with Crippen molar-refractivity contribution in [2.24, 2.45) is 5.73 Å². The molecule has 1 unspecified atom stereocenters. The normalized spacial score (nSPS) is 12.3. The minimum absolute atomic E-state index is 0.0598. The Morgan fingerprint density at radius 3 is 2.30 bits per heavy atom. The van der Waals surface area contributed by atoms with E-state index in [1.165, 1.54) is 6.92 Å². The smallest absolute Gasteiger partial charge is 0.305 e. The van der Waals surface area contributed by atoms with Gasteiger partial charge in [-0.25, -0.2) is 8.78 Å². The molecule has 0 saturated carbocycles. The Morgan fingerprint density at radius 2 is 1.74 bits per heavy atom. The summed E-state index contributed by atoms with van der Waals surface area (Å²) in [6.45, 7) is 4.75. The summed E-state index contributed by atoms with van der Waals surface area (Å²) in [6, 6.07) is 6.17. The number of carbonyl (C=O) groups is 1. The number of aryl methyl sites for hydroxylation is 1. The van der Waals surface area contributed by atoms with E-state index in [9.17, 15) is 13.6 Å². The Labute approximate surface area is 133 Å². The molecule has 0 saturated heterocycles. The van der Waals surface area contributed by atoms with Crippen LogP contribution in [0.25, 0.3) is 11.1 Å². The number of carboxylic acids is 1. The van der Waals surface area contributed by atoms with Crippen LogP contribution in [0, 0.1) is 32.4 Å². The van der Waals surface area contributed by atoms with E-state index in [2.05, 4.69) is 0 Å². The Morgan fingerprint density at radius 1 is 1.13 bits per heavy atom. The molecule has 0 aliphatic carbocycles. The molecule has 0 fully saturated rings. The fourth-order valence-electron chi connectivity index (χ4n) is 2.85. The summed E-state index contributed by atoms with van der Waals surface area (Å²) in [6.07, 6.45) is -0.421. The van der Waals surface area contributed by atoms with Crippen molar-refractivity contribution in [2.75, 3.05) is 0 Å². The molecule has 0 aliphatic rings. The van der Waals surface area contributed by atoms with Gasteiger partial charge < -0.3 is 10.8 Å². The number of rotatable bonds is 4. The van der Waals surface area contributed by atoms with Gasteiger partial charge in [0.05, 0.1) is 6.42 Å². The summed E-state index contributed by atoms with van der Waals surface area (Å²) in [4.78, 5) is 10.9. The average Bonchev–Trinajstić information content (AvgIpc) is 2.46. The standard InChI is InChI=1S/C18H19F2NO2/c1-9-6-4-5-7-12(9)15-10(2)16(13(21)8-14(22)23)18(20)11(3)17(15)19/h4-7,13H,8,21H2,1-3H3,(H,22,23). The molecule has 3 N–H and O–H groups in total. The second-order valence-electron chi connectivity index (χ2n) is 5.69. The highest BCUT2D eigenvalue weighted by atomic mass is 19.1. The van der Waals surface area contributed by atoms with Gasteiger partial charge >= 0.3 is 5.97 Å². The van der Waals surface area contributed by atoms with Crippen molar-refractivity contribution in [3.63, 3.8) is 0 Å². The van der Waals surface area contributed by atoms with Gasteiger partial charge in [0.1, 0.15) is 11.6 Å². The molecule has 0 aliphatic heterocycles. The number of carboxylic acid groups (broad SMARTS) is 1. The van der Waals surface area contributed by atoms with Gasteiger partial charge in [-0.15, -0.1) is 0 Å². The Hall–Kier alpha value is -2.27. The number of nitrogens with two attached hydrogens (primary N) is 1. The molecule has 0 radical (unpaired) electrons. The second-order valence-corrected chi connectivity index (χ2v) is 5.69. The van der Waals surface area contributed by atoms with E-state index in [4.69, 9.17) is 10.8 Å². The molecule has 0 bridgehead atoms. The maximum Gasteiger partial charge on any atom is 0.305 e. The predicted octanol–water partition coefficient (Wildman–Crippen LogP) is 4.03. The maximum atomic E-state index is 14.7. The average molecular weight is 319 g/mol. The largest absolute Gasteiger partial charge is 0.481 e. The highest BCUT2D eigenvalue weighted by Gasteiger charge is 2.26. The molecule has 0 amide bonds. The number of aliphatic carboxylic acids is 1. The van der Waals surface area contributed by atoms with E-state index in [0.717, 1.165) is 5.56 Å². The van der Waals surface area contributed by atoms with Crippen LogP contribution in [0.4, 0.5) is 8.78 Å². The van der Waals surface area contributed by atoms with Gasteiger partial charge in [0.25, 0.3) is 0 Å². The Balaban J connectivity index is 2.77. The first-order valence-corrected chi connectivity index (χ1v) is 7.27. The highest BCUT2D eigenvalue weighted by Crippen LogP contribution is 2.37. The van der Waals surface area contributed by atoms with Crippen molar-refractivity contribution in [2.45, 2.75) is 33.2 Å². The van der Waals surface area contributed by atoms with Gasteiger partial charge in [0.2, 0.25) is 0 Å². The van der Waals surface area contributed by atoms with Gasteiger partial charge in [0.15, 0.2) is 0 Å². The molecule has 0 spiro atoms. The van der Waals surface area contributed by atoms with Crippen LogP contribution in [0.3, 0.4) is 0 Å². The zero-order valence-electron chi connectivity index (χ0n) is 13.3. The lowest BCUT2D eigenvalue weighted by atomic mass is 9.87. The van der Waals surface area contributed by atoms with Gasteiger partial charge in [0, 0.05) is 22.7 Å². The zero-order valence-corrected chi connectivity index (χ0v) is 13.3. The van der Waals surface area contributed by atoms with E-state index in [0.29, 0.717) is 11.1 Å². The van der Waals surface area contributed by atoms with Crippen molar-refractivity contribution < 1.29 is 18.7 Å². The van der Waals surface area contributed by atoms with Gasteiger partial charge in [-0.05, 0) is 37.5 Å². The third-order valence-electron chi connectivity index (χ3n) is 4.07. The third kappa shape index (κ3) is 3.10. The van der Waals surface area contributed by atoms with E-state index >= 15 is 0 Å². The van der Waals surface area contributed by atoms with Crippen LogP contribution in [0.1, 0.15) is 34.7 Å². The van der Waals surface area contributed by atoms with Crippen molar-refractivity contribution in [1.29, 1.82) is 0 Å². The fourth-order valence-corrected chi connectivity index (χ4v) is 2.85. The number of hydrogen-bond acceptors (Lipinski definition) is 2. The summed E-state index contributed by atoms with van der Waals surface area (Å²) >= 11 is 0. The summed E-state index contributed by atoms with van der Waals surface area (Å²) in [5.41, 5.74) is 7.88. The predicted molar refractivity (Wildman–Crippen MR) is 85.2 cm³/mol. The molecule has 2 rings (SSSR count). The number of benzene rings is 2. The Bertz CT molecular complexity index is 772. The first kappa shape index (κ1) is 17.1. The third-order valence-corrected chi connectivity index (χ3v) is 4.07. The van der Waals surface area contributed by atoms with Crippen LogP contribution in [0.15, 0.2) is 24.3 Å². The van der Waals surface area contributed by atoms with E-state index in [1.807, 2.05) is 19.1 Å². The van der Waals surface area contributed by atoms with E-state index in [1.54, 1.807) is 19.1 Å². The van der Waals surface area contributed by atoms with Crippen molar-refractivity contribution >= 4 is 5.97 Å². The maximum absolute atomic E-state index is 14.7. The summed E-state index contributed by atoms with van der Waals surface area (Å²) in [7, 11) is 0. The van der Waals surface area contributed by atoms with Crippen LogP contribution < -0.4 is 5.73 Å². The molecule has 0 aromatic heterocycles. The fraction of sp³-hybridized carbons (Fsp3) is 0.278. The van der Waals surface area contributed by atoms with Crippen LogP contribution in [-0.2, 0) is 4.79 Å². The molecule has 3 nitrogen and oxygen atoms in total. The highest BCUT2D eigenvalue weighted by molar-refractivity contribution is 5.74. The van der Waals surface area contributed by atoms with Gasteiger partial charge in [-0.3, -0.25) is 4.79 Å². The summed E-state index contributed by atoms with van der Waals surface area (Å²) in [5, 5.41) is 8.90. The van der Waals surface area contributed by atoms with Crippen LogP contribution in [0.5, 0.6) is 0 Å². The Kier molecular flexibility index (Phi) is 4.80. The first-order chi connectivity index (χ1) is 10.8. The lowest BCUT2D eigenvalue weighted by molar-refractivity contribution is -0.137. The van der Waals surface area contributed by atoms with Gasteiger partial charge in [-0.1, -0.05) is 24.3 Å². The van der Waals surface area contributed by atoms with Gasteiger partial charge in [-0.2, -0.15) is 0 Å². The van der Waals surface area contributed by atoms with Crippen LogP contribution >= 0.6 is 0 Å². The topological polar surface area (TPSA) is 63.3 Å². The first-order valence-electron chi connectivity index (χ1n) is 7.27. The zero-order chi connectivity index (χ0) is 17.3. The molecule has 1 atom stereocenters. The summed E-state index contributed by atoms with van der Waals surface area (Å²) < 4.78 is 29.2. The molecule has 122 valence electrons. The van der Waals surface area contributed by atoms with E-state index in [-0.39, 0.29) is 16.7 Å².